The van der Waals surface area contributed by atoms with Crippen LogP contribution in [0.2, 0.25) is 0 Å². The molecule has 0 radical (unpaired) electrons. The van der Waals surface area contributed by atoms with Gasteiger partial charge in [-0.3, -0.25) is 0 Å². The van der Waals surface area contributed by atoms with Crippen molar-refractivity contribution in [2.24, 2.45) is 0 Å². The van der Waals surface area contributed by atoms with E-state index in [1.165, 1.54) is 6.07 Å². The third-order valence-electron chi connectivity index (χ3n) is 3.68. The van der Waals surface area contributed by atoms with Crippen molar-refractivity contribution in [2.75, 3.05) is 0 Å². The van der Waals surface area contributed by atoms with E-state index in [1.807, 2.05) is 36.4 Å². The average Bonchev–Trinajstić information content (AvgIpc) is 3.25. The Labute approximate surface area is 136 Å². The smallest absolute Gasteiger partial charge is 0.407 e. The fourth-order valence-corrected chi connectivity index (χ4v) is 3.09. The molecule has 2 atom stereocenters. The summed E-state index contributed by atoms with van der Waals surface area (Å²) in [6, 6.07) is 14.3. The van der Waals surface area contributed by atoms with Crippen LogP contribution in [-0.2, 0) is 11.3 Å². The number of amides is 1. The van der Waals surface area contributed by atoms with Gasteiger partial charge in [0.05, 0.1) is 0 Å². The van der Waals surface area contributed by atoms with Crippen molar-refractivity contribution in [3.63, 3.8) is 0 Å². The molecule has 22 heavy (non-hydrogen) atoms. The molecule has 0 saturated heterocycles. The number of nitrogens with one attached hydrogen (secondary N) is 1. The summed E-state index contributed by atoms with van der Waals surface area (Å²) in [5.41, 5.74) is 1.55. The predicted octanol–water partition coefficient (Wildman–Crippen LogP) is 4.37. The molecule has 0 heterocycles. The van der Waals surface area contributed by atoms with Gasteiger partial charge in [0, 0.05) is 22.0 Å². The molecule has 0 aliphatic heterocycles. The Hall–Kier alpha value is -1.88. The summed E-state index contributed by atoms with van der Waals surface area (Å²) >= 11 is 3.36. The van der Waals surface area contributed by atoms with Gasteiger partial charge in [0.1, 0.15) is 12.4 Å². The summed E-state index contributed by atoms with van der Waals surface area (Å²) < 4.78 is 19.8. The molecule has 0 aromatic heterocycles. The normalized spacial score (nSPS) is 19.5. The molecular formula is C17H15BrFNO2. The van der Waals surface area contributed by atoms with Gasteiger partial charge in [0.15, 0.2) is 0 Å². The van der Waals surface area contributed by atoms with Gasteiger partial charge in [-0.1, -0.05) is 52.3 Å². The van der Waals surface area contributed by atoms with Gasteiger partial charge in [-0.2, -0.15) is 0 Å². The van der Waals surface area contributed by atoms with Crippen molar-refractivity contribution in [3.8, 4) is 0 Å². The van der Waals surface area contributed by atoms with Crippen molar-refractivity contribution in [1.82, 2.24) is 5.32 Å². The quantitative estimate of drug-likeness (QED) is 0.875. The Bertz CT molecular complexity index is 657. The minimum atomic E-state index is -0.469. The van der Waals surface area contributed by atoms with Crippen LogP contribution in [0.4, 0.5) is 9.18 Å². The van der Waals surface area contributed by atoms with E-state index in [0.29, 0.717) is 5.56 Å². The summed E-state index contributed by atoms with van der Waals surface area (Å²) in [5, 5.41) is 2.78. The van der Waals surface area contributed by atoms with Crippen LogP contribution in [0, 0.1) is 5.82 Å². The summed E-state index contributed by atoms with van der Waals surface area (Å²) in [5.74, 6) is -0.249. The second-order valence-electron chi connectivity index (χ2n) is 5.29. The third kappa shape index (κ3) is 3.47. The Morgan fingerprint density at radius 1 is 1.23 bits per heavy atom. The van der Waals surface area contributed by atoms with Crippen LogP contribution in [-0.4, -0.2) is 12.1 Å². The molecule has 3 nitrogen and oxygen atoms in total. The highest BCUT2D eigenvalue weighted by Gasteiger charge is 2.42. The molecule has 114 valence electrons. The molecule has 2 aromatic carbocycles. The molecule has 1 N–H and O–H groups in total. The Morgan fingerprint density at radius 3 is 2.73 bits per heavy atom. The Morgan fingerprint density at radius 2 is 2.00 bits per heavy atom. The zero-order valence-electron chi connectivity index (χ0n) is 11.8. The summed E-state index contributed by atoms with van der Waals surface area (Å²) in [7, 11) is 0. The molecule has 0 bridgehead atoms. The van der Waals surface area contributed by atoms with E-state index in [1.54, 1.807) is 6.07 Å². The van der Waals surface area contributed by atoms with E-state index in [4.69, 9.17) is 4.74 Å². The van der Waals surface area contributed by atoms with Crippen LogP contribution in [0.3, 0.4) is 0 Å². The van der Waals surface area contributed by atoms with E-state index < -0.39 is 6.09 Å². The number of alkyl carbamates (subject to hydrolysis) is 1. The van der Waals surface area contributed by atoms with Crippen molar-refractivity contribution in [3.05, 3.63) is 69.9 Å². The predicted molar refractivity (Wildman–Crippen MR) is 85.0 cm³/mol. The van der Waals surface area contributed by atoms with Gasteiger partial charge < -0.3 is 10.1 Å². The van der Waals surface area contributed by atoms with Crippen LogP contribution < -0.4 is 5.32 Å². The summed E-state index contributed by atoms with van der Waals surface area (Å²) in [6.45, 7) is 0.230. The first-order valence-electron chi connectivity index (χ1n) is 7.06. The number of rotatable bonds is 4. The van der Waals surface area contributed by atoms with Crippen molar-refractivity contribution in [2.45, 2.75) is 25.0 Å². The first-order valence-corrected chi connectivity index (χ1v) is 7.85. The third-order valence-corrected chi connectivity index (χ3v) is 4.37. The van der Waals surface area contributed by atoms with E-state index in [0.717, 1.165) is 16.5 Å². The number of carbonyl (C=O) groups excluding carboxylic acids is 1. The molecule has 1 aliphatic carbocycles. The summed E-state index contributed by atoms with van der Waals surface area (Å²) in [4.78, 5) is 11.8. The topological polar surface area (TPSA) is 38.3 Å². The minimum Gasteiger partial charge on any atom is -0.445 e. The van der Waals surface area contributed by atoms with Gasteiger partial charge in [-0.25, -0.2) is 9.18 Å². The zero-order chi connectivity index (χ0) is 15.5. The van der Waals surface area contributed by atoms with Gasteiger partial charge in [-0.05, 0) is 24.1 Å². The highest BCUT2D eigenvalue weighted by molar-refractivity contribution is 9.10. The minimum absolute atomic E-state index is 0.000139. The lowest BCUT2D eigenvalue weighted by Gasteiger charge is -2.08. The fourth-order valence-electron chi connectivity index (χ4n) is 2.45. The van der Waals surface area contributed by atoms with Gasteiger partial charge >= 0.3 is 6.09 Å². The van der Waals surface area contributed by atoms with Gasteiger partial charge in [-0.15, -0.1) is 0 Å². The standard InChI is InChI=1S/C17H15BrFNO2/c18-13-7-4-8-14(19)16(13)12-9-15(12)20-17(21)22-10-11-5-2-1-3-6-11/h1-8,12,15H,9-10H2,(H,20,21)/t12-,15-/m1/s1. The Balaban J connectivity index is 1.52. The summed E-state index contributed by atoms with van der Waals surface area (Å²) in [6.07, 6.45) is 0.254. The second kappa shape index (κ2) is 6.48. The van der Waals surface area contributed by atoms with E-state index >= 15 is 0 Å². The van der Waals surface area contributed by atoms with Crippen LogP contribution in [0.15, 0.2) is 53.0 Å². The van der Waals surface area contributed by atoms with Gasteiger partial charge in [0.2, 0.25) is 0 Å². The molecule has 1 saturated carbocycles. The molecule has 1 amide bonds. The first kappa shape index (κ1) is 15.0. The van der Waals surface area contributed by atoms with Crippen LogP contribution >= 0.6 is 15.9 Å². The maximum absolute atomic E-state index is 13.8. The molecule has 1 fully saturated rings. The molecular weight excluding hydrogens is 349 g/mol. The number of carbonyl (C=O) groups is 1. The van der Waals surface area contributed by atoms with Crippen molar-refractivity contribution in [1.29, 1.82) is 0 Å². The average molecular weight is 364 g/mol. The molecule has 5 heteroatoms. The SMILES string of the molecule is O=C(N[C@@H]1C[C@H]1c1c(F)cccc1Br)OCc1ccccc1. The van der Waals surface area contributed by atoms with Crippen molar-refractivity contribution >= 4 is 22.0 Å². The van der Waals surface area contributed by atoms with Gasteiger partial charge in [0.25, 0.3) is 0 Å². The molecule has 1 aliphatic rings. The lowest BCUT2D eigenvalue weighted by molar-refractivity contribution is 0.139. The maximum Gasteiger partial charge on any atom is 0.407 e. The highest BCUT2D eigenvalue weighted by atomic mass is 79.9. The number of hydrogen-bond donors (Lipinski definition) is 1. The highest BCUT2D eigenvalue weighted by Crippen LogP contribution is 2.44. The first-order chi connectivity index (χ1) is 10.6. The maximum atomic E-state index is 13.8. The van der Waals surface area contributed by atoms with E-state index in [-0.39, 0.29) is 24.4 Å². The lowest BCUT2D eigenvalue weighted by atomic mass is 10.1. The number of hydrogen-bond acceptors (Lipinski definition) is 2. The van der Waals surface area contributed by atoms with Crippen LogP contribution in [0.5, 0.6) is 0 Å². The van der Waals surface area contributed by atoms with Crippen LogP contribution in [0.25, 0.3) is 0 Å². The molecule has 2 aromatic rings. The monoisotopic (exact) mass is 363 g/mol. The Kier molecular flexibility index (Phi) is 4.43. The largest absolute Gasteiger partial charge is 0.445 e. The molecule has 0 unspecified atom stereocenters. The second-order valence-corrected chi connectivity index (χ2v) is 6.14. The van der Waals surface area contributed by atoms with Crippen LogP contribution in [0.1, 0.15) is 23.5 Å². The molecule has 3 rings (SSSR count). The number of halogens is 2. The van der Waals surface area contributed by atoms with E-state index in [2.05, 4.69) is 21.2 Å². The number of ether oxygens (including phenoxy) is 1. The zero-order valence-corrected chi connectivity index (χ0v) is 13.3. The lowest BCUT2D eigenvalue weighted by Crippen LogP contribution is -2.27. The van der Waals surface area contributed by atoms with Crippen molar-refractivity contribution < 1.29 is 13.9 Å². The fraction of sp³-hybridized carbons (Fsp3) is 0.235. The molecule has 0 spiro atoms. The number of benzene rings is 2. The van der Waals surface area contributed by atoms with E-state index in [9.17, 15) is 9.18 Å².